The lowest BCUT2D eigenvalue weighted by atomic mass is 10.0. The van der Waals surface area contributed by atoms with E-state index in [1.54, 1.807) is 0 Å². The van der Waals surface area contributed by atoms with Crippen molar-refractivity contribution >= 4 is 23.2 Å². The van der Waals surface area contributed by atoms with Gasteiger partial charge in [-0.1, -0.05) is 42.3 Å². The van der Waals surface area contributed by atoms with Crippen LogP contribution in [-0.2, 0) is 0 Å². The molecule has 3 nitrogen and oxygen atoms in total. The van der Waals surface area contributed by atoms with Gasteiger partial charge in [0.25, 0.3) is 0 Å². The van der Waals surface area contributed by atoms with Crippen molar-refractivity contribution in [3.8, 4) is 0 Å². The largest absolute Gasteiger partial charge is 0.393 e. The number of benzene rings is 1. The molecule has 1 aromatic rings. The molecule has 2 N–H and O–H groups in total. The Labute approximate surface area is 137 Å². The minimum absolute atomic E-state index is 0.117. The van der Waals surface area contributed by atoms with Crippen LogP contribution < -0.4 is 5.32 Å². The maximum absolute atomic E-state index is 9.56. The Morgan fingerprint density at radius 1 is 1.33 bits per heavy atom. The molecule has 1 heterocycles. The first kappa shape index (κ1) is 17.0. The Bertz CT molecular complexity index is 448. The predicted molar refractivity (Wildman–Crippen MR) is 89.2 cm³/mol. The van der Waals surface area contributed by atoms with Gasteiger partial charge in [0.2, 0.25) is 0 Å². The van der Waals surface area contributed by atoms with E-state index in [-0.39, 0.29) is 12.1 Å². The normalized spacial score (nSPS) is 18.9. The molecule has 2 rings (SSSR count). The summed E-state index contributed by atoms with van der Waals surface area (Å²) in [6, 6.07) is 6.03. The van der Waals surface area contributed by atoms with Crippen LogP contribution >= 0.6 is 23.2 Å². The van der Waals surface area contributed by atoms with E-state index in [4.69, 9.17) is 23.2 Å². The van der Waals surface area contributed by atoms with Crippen LogP contribution in [-0.4, -0.2) is 42.3 Å². The zero-order valence-electron chi connectivity index (χ0n) is 12.5. The van der Waals surface area contributed by atoms with Crippen LogP contribution in [0.15, 0.2) is 18.2 Å². The lowest BCUT2D eigenvalue weighted by Gasteiger charge is -2.31. The van der Waals surface area contributed by atoms with E-state index in [9.17, 15) is 5.11 Å². The molecule has 118 valence electrons. The molecule has 0 aromatic heterocycles. The van der Waals surface area contributed by atoms with E-state index in [0.29, 0.717) is 10.0 Å². The summed E-state index contributed by atoms with van der Waals surface area (Å²) in [4.78, 5) is 2.41. The predicted octanol–water partition coefficient (Wildman–Crippen LogP) is 3.49. The Kier molecular flexibility index (Phi) is 6.77. The van der Waals surface area contributed by atoms with Crippen LogP contribution in [0.25, 0.3) is 0 Å². The number of hydrogen-bond donors (Lipinski definition) is 2. The van der Waals surface area contributed by atoms with Crippen molar-refractivity contribution in [2.24, 2.45) is 0 Å². The lowest BCUT2D eigenvalue weighted by Crippen LogP contribution is -2.37. The van der Waals surface area contributed by atoms with Crippen LogP contribution in [0.3, 0.4) is 0 Å². The van der Waals surface area contributed by atoms with E-state index in [1.165, 1.54) is 0 Å². The smallest absolute Gasteiger partial charge is 0.0640 e. The third-order valence-corrected chi connectivity index (χ3v) is 4.93. The van der Waals surface area contributed by atoms with Crippen LogP contribution in [0, 0.1) is 0 Å². The molecule has 1 fully saturated rings. The molecule has 0 radical (unpaired) electrons. The first-order valence-electron chi connectivity index (χ1n) is 7.69. The molecular formula is C16H24Cl2N2O. The van der Waals surface area contributed by atoms with Gasteiger partial charge in [-0.3, -0.25) is 0 Å². The number of hydrogen-bond acceptors (Lipinski definition) is 3. The molecule has 1 aliphatic rings. The molecule has 1 unspecified atom stereocenters. The van der Waals surface area contributed by atoms with Crippen LogP contribution in [0.2, 0.25) is 10.0 Å². The van der Waals surface area contributed by atoms with Crippen LogP contribution in [0.1, 0.15) is 37.8 Å². The molecule has 0 aliphatic carbocycles. The second-order valence-corrected chi connectivity index (χ2v) is 6.40. The molecule has 0 bridgehead atoms. The highest BCUT2D eigenvalue weighted by atomic mass is 35.5. The highest BCUT2D eigenvalue weighted by Crippen LogP contribution is 2.31. The van der Waals surface area contributed by atoms with Crippen LogP contribution in [0.5, 0.6) is 0 Å². The van der Waals surface area contributed by atoms with E-state index in [2.05, 4.69) is 17.1 Å². The summed E-state index contributed by atoms with van der Waals surface area (Å²) in [7, 11) is 0. The Hall–Kier alpha value is -0.320. The van der Waals surface area contributed by atoms with Gasteiger partial charge < -0.3 is 15.3 Å². The maximum atomic E-state index is 9.56. The van der Waals surface area contributed by atoms with E-state index >= 15 is 0 Å². The molecule has 21 heavy (non-hydrogen) atoms. The van der Waals surface area contributed by atoms with E-state index < -0.39 is 0 Å². The fourth-order valence-corrected chi connectivity index (χ4v) is 3.30. The lowest BCUT2D eigenvalue weighted by molar-refractivity contribution is 0.0806. The summed E-state index contributed by atoms with van der Waals surface area (Å²) in [5.74, 6) is 0. The standard InChI is InChI=1S/C16H24Cl2N2O/c1-2-19-15(13-4-3-5-14(17)16(13)18)8-11-20-9-6-12(21)7-10-20/h3-5,12,15,19,21H,2,6-11H2,1H3. The van der Waals surface area contributed by atoms with Crippen molar-refractivity contribution < 1.29 is 5.11 Å². The van der Waals surface area contributed by atoms with E-state index in [0.717, 1.165) is 51.0 Å². The number of likely N-dealkylation sites (tertiary alicyclic amines) is 1. The fraction of sp³-hybridized carbons (Fsp3) is 0.625. The number of piperidine rings is 1. The highest BCUT2D eigenvalue weighted by Gasteiger charge is 2.20. The third-order valence-electron chi connectivity index (χ3n) is 4.10. The van der Waals surface area contributed by atoms with Gasteiger partial charge in [0, 0.05) is 19.1 Å². The number of nitrogens with zero attached hydrogens (tertiary/aromatic N) is 1. The average Bonchev–Trinajstić information content (AvgIpc) is 2.48. The molecule has 0 saturated carbocycles. The van der Waals surface area contributed by atoms with Gasteiger partial charge in [-0.2, -0.15) is 0 Å². The molecular weight excluding hydrogens is 307 g/mol. The molecule has 5 heteroatoms. The Morgan fingerprint density at radius 2 is 2.05 bits per heavy atom. The van der Waals surface area contributed by atoms with Gasteiger partial charge >= 0.3 is 0 Å². The van der Waals surface area contributed by atoms with Gasteiger partial charge in [0.15, 0.2) is 0 Å². The first-order valence-corrected chi connectivity index (χ1v) is 8.45. The summed E-state index contributed by atoms with van der Waals surface area (Å²) in [6.45, 7) is 5.95. The van der Waals surface area contributed by atoms with Gasteiger partial charge in [0.1, 0.15) is 0 Å². The fourth-order valence-electron chi connectivity index (χ4n) is 2.86. The zero-order chi connectivity index (χ0) is 15.2. The van der Waals surface area contributed by atoms with Gasteiger partial charge in [-0.05, 0) is 44.0 Å². The van der Waals surface area contributed by atoms with Gasteiger partial charge in [-0.15, -0.1) is 0 Å². The van der Waals surface area contributed by atoms with Crippen LogP contribution in [0.4, 0.5) is 0 Å². The van der Waals surface area contributed by atoms with Crippen molar-refractivity contribution in [1.29, 1.82) is 0 Å². The number of halogens is 2. The van der Waals surface area contributed by atoms with Gasteiger partial charge in [-0.25, -0.2) is 0 Å². The minimum atomic E-state index is -0.117. The second kappa shape index (κ2) is 8.35. The zero-order valence-corrected chi connectivity index (χ0v) is 14.0. The molecule has 1 aliphatic heterocycles. The van der Waals surface area contributed by atoms with Crippen molar-refractivity contribution in [3.05, 3.63) is 33.8 Å². The maximum Gasteiger partial charge on any atom is 0.0640 e. The summed E-state index contributed by atoms with van der Waals surface area (Å²) in [6.07, 6.45) is 2.63. The number of nitrogens with one attached hydrogen (secondary N) is 1. The second-order valence-electron chi connectivity index (χ2n) is 5.61. The Morgan fingerprint density at radius 3 is 2.71 bits per heavy atom. The SMILES string of the molecule is CCNC(CCN1CCC(O)CC1)c1cccc(Cl)c1Cl. The monoisotopic (exact) mass is 330 g/mol. The highest BCUT2D eigenvalue weighted by molar-refractivity contribution is 6.42. The van der Waals surface area contributed by atoms with Gasteiger partial charge in [0.05, 0.1) is 16.1 Å². The van der Waals surface area contributed by atoms with Crippen molar-refractivity contribution in [3.63, 3.8) is 0 Å². The quantitative estimate of drug-likeness (QED) is 0.838. The summed E-state index contributed by atoms with van der Waals surface area (Å²) >= 11 is 12.5. The minimum Gasteiger partial charge on any atom is -0.393 e. The topological polar surface area (TPSA) is 35.5 Å². The molecule has 0 spiro atoms. The molecule has 1 saturated heterocycles. The van der Waals surface area contributed by atoms with Crippen molar-refractivity contribution in [2.45, 2.75) is 38.3 Å². The summed E-state index contributed by atoms with van der Waals surface area (Å²) < 4.78 is 0. The molecule has 0 amide bonds. The third kappa shape index (κ3) is 4.83. The molecule has 1 atom stereocenters. The summed E-state index contributed by atoms with van der Waals surface area (Å²) in [5, 5.41) is 14.3. The molecule has 1 aromatic carbocycles. The summed E-state index contributed by atoms with van der Waals surface area (Å²) in [5.41, 5.74) is 1.07. The number of aliphatic hydroxyl groups excluding tert-OH is 1. The van der Waals surface area contributed by atoms with Crippen molar-refractivity contribution in [1.82, 2.24) is 10.2 Å². The Balaban J connectivity index is 1.97. The first-order chi connectivity index (χ1) is 10.1. The van der Waals surface area contributed by atoms with Crippen molar-refractivity contribution in [2.75, 3.05) is 26.2 Å². The number of aliphatic hydroxyl groups is 1. The average molecular weight is 331 g/mol. The van der Waals surface area contributed by atoms with E-state index in [1.807, 2.05) is 18.2 Å². The number of rotatable bonds is 6.